The number of para-hydroxylation sites is 2. The van der Waals surface area contributed by atoms with Crippen LogP contribution in [0.5, 0.6) is 0 Å². The number of benzene rings is 1. The predicted molar refractivity (Wildman–Crippen MR) is 79.2 cm³/mol. The predicted octanol–water partition coefficient (Wildman–Crippen LogP) is 3.27. The number of H-pyrrole nitrogens is 1. The van der Waals surface area contributed by atoms with Crippen LogP contribution in [0.2, 0.25) is 0 Å². The Morgan fingerprint density at radius 1 is 1.50 bits per heavy atom. The molecule has 1 fully saturated rings. The van der Waals surface area contributed by atoms with E-state index in [-0.39, 0.29) is 17.9 Å². The lowest BCUT2D eigenvalue weighted by Gasteiger charge is -2.25. The van der Waals surface area contributed by atoms with Crippen LogP contribution in [0.3, 0.4) is 0 Å². The minimum atomic E-state index is 0.0972. The van der Waals surface area contributed by atoms with E-state index in [0.717, 1.165) is 42.7 Å². The smallest absolute Gasteiger partial charge is 0.226 e. The van der Waals surface area contributed by atoms with Gasteiger partial charge in [0.05, 0.1) is 17.1 Å². The van der Waals surface area contributed by atoms with Crippen molar-refractivity contribution in [1.29, 1.82) is 0 Å². The molecule has 106 valence electrons. The number of hydrogen-bond acceptors (Lipinski definition) is 2. The lowest BCUT2D eigenvalue weighted by molar-refractivity contribution is -0.136. The number of aromatic nitrogens is 2. The molecule has 0 bridgehead atoms. The summed E-state index contributed by atoms with van der Waals surface area (Å²) in [5, 5.41) is 0. The molecule has 2 aromatic rings. The molecule has 4 heteroatoms. The number of hydrogen-bond donors (Lipinski definition) is 1. The Hall–Kier alpha value is -1.84. The van der Waals surface area contributed by atoms with Crippen molar-refractivity contribution in [3.8, 4) is 0 Å². The van der Waals surface area contributed by atoms with Crippen LogP contribution in [0.1, 0.15) is 45.0 Å². The number of rotatable bonds is 3. The second kappa shape index (κ2) is 5.27. The maximum atomic E-state index is 12.5. The first-order valence-electron chi connectivity index (χ1n) is 7.46. The Balaban J connectivity index is 1.90. The number of imidazole rings is 1. The Bertz CT molecular complexity index is 586. The molecule has 1 amide bonds. The number of fused-ring (bicyclic) bond motifs is 1. The number of carbonyl (C=O) groups excluding carboxylic acids is 1. The van der Waals surface area contributed by atoms with Crippen molar-refractivity contribution in [2.75, 3.05) is 6.54 Å². The summed E-state index contributed by atoms with van der Waals surface area (Å²) in [5.41, 5.74) is 2.02. The third-order valence-electron chi connectivity index (χ3n) is 4.29. The number of likely N-dealkylation sites (tertiary alicyclic amines) is 1. The highest BCUT2D eigenvalue weighted by Crippen LogP contribution is 2.32. The molecule has 1 aliphatic heterocycles. The summed E-state index contributed by atoms with van der Waals surface area (Å²) >= 11 is 0. The topological polar surface area (TPSA) is 49.0 Å². The van der Waals surface area contributed by atoms with Crippen LogP contribution in [-0.2, 0) is 4.79 Å². The average Bonchev–Trinajstić information content (AvgIpc) is 3.10. The number of amides is 1. The van der Waals surface area contributed by atoms with Crippen molar-refractivity contribution in [2.45, 2.75) is 39.2 Å². The van der Waals surface area contributed by atoms with Gasteiger partial charge in [0.15, 0.2) is 0 Å². The molecule has 0 saturated carbocycles. The van der Waals surface area contributed by atoms with E-state index in [4.69, 9.17) is 0 Å². The van der Waals surface area contributed by atoms with Crippen LogP contribution in [0, 0.1) is 5.92 Å². The molecule has 3 rings (SSSR count). The van der Waals surface area contributed by atoms with Gasteiger partial charge in [-0.1, -0.05) is 26.0 Å². The fourth-order valence-electron chi connectivity index (χ4n) is 2.90. The fourth-order valence-corrected chi connectivity index (χ4v) is 2.90. The van der Waals surface area contributed by atoms with Gasteiger partial charge in [-0.2, -0.15) is 0 Å². The van der Waals surface area contributed by atoms with Crippen LogP contribution >= 0.6 is 0 Å². The van der Waals surface area contributed by atoms with Gasteiger partial charge in [0, 0.05) is 12.5 Å². The van der Waals surface area contributed by atoms with Crippen LogP contribution in [0.25, 0.3) is 11.0 Å². The molecule has 2 unspecified atom stereocenters. The van der Waals surface area contributed by atoms with Crippen LogP contribution in [-0.4, -0.2) is 27.3 Å². The zero-order chi connectivity index (χ0) is 14.1. The Morgan fingerprint density at radius 3 is 3.05 bits per heavy atom. The zero-order valence-electron chi connectivity index (χ0n) is 12.1. The molecule has 1 saturated heterocycles. The van der Waals surface area contributed by atoms with E-state index in [2.05, 4.69) is 16.9 Å². The summed E-state index contributed by atoms with van der Waals surface area (Å²) < 4.78 is 0. The highest BCUT2D eigenvalue weighted by molar-refractivity contribution is 5.79. The minimum absolute atomic E-state index is 0.0972. The van der Waals surface area contributed by atoms with E-state index < -0.39 is 0 Å². The molecular formula is C16H21N3O. The first-order valence-corrected chi connectivity index (χ1v) is 7.46. The molecule has 1 aromatic heterocycles. The molecule has 1 aromatic carbocycles. The summed E-state index contributed by atoms with van der Waals surface area (Å²) in [7, 11) is 0. The van der Waals surface area contributed by atoms with Gasteiger partial charge in [-0.05, 0) is 31.4 Å². The largest absolute Gasteiger partial charge is 0.340 e. The molecule has 2 heterocycles. The van der Waals surface area contributed by atoms with Gasteiger partial charge in [-0.25, -0.2) is 4.98 Å². The first kappa shape index (κ1) is 13.2. The van der Waals surface area contributed by atoms with Crippen molar-refractivity contribution in [3.63, 3.8) is 0 Å². The lowest BCUT2D eigenvalue weighted by atomic mass is 10.1. The Kier molecular flexibility index (Phi) is 3.47. The van der Waals surface area contributed by atoms with Gasteiger partial charge in [-0.3, -0.25) is 4.79 Å². The summed E-state index contributed by atoms with van der Waals surface area (Å²) in [6.45, 7) is 4.93. The Morgan fingerprint density at radius 2 is 2.30 bits per heavy atom. The molecule has 2 atom stereocenters. The summed E-state index contributed by atoms with van der Waals surface area (Å²) in [6.07, 6.45) is 2.95. The van der Waals surface area contributed by atoms with Crippen molar-refractivity contribution in [1.82, 2.24) is 14.9 Å². The maximum Gasteiger partial charge on any atom is 0.226 e. The number of nitrogens with one attached hydrogen (secondary N) is 1. The number of carbonyl (C=O) groups is 1. The molecule has 0 radical (unpaired) electrons. The molecule has 1 aliphatic rings. The van der Waals surface area contributed by atoms with Gasteiger partial charge in [0.1, 0.15) is 5.82 Å². The van der Waals surface area contributed by atoms with Crippen molar-refractivity contribution < 1.29 is 4.79 Å². The van der Waals surface area contributed by atoms with Gasteiger partial charge in [0.25, 0.3) is 0 Å². The van der Waals surface area contributed by atoms with E-state index in [1.54, 1.807) is 0 Å². The molecule has 20 heavy (non-hydrogen) atoms. The third kappa shape index (κ3) is 2.19. The summed E-state index contributed by atoms with van der Waals surface area (Å²) in [4.78, 5) is 22.5. The van der Waals surface area contributed by atoms with Gasteiger partial charge < -0.3 is 9.88 Å². The molecular weight excluding hydrogens is 250 g/mol. The highest BCUT2D eigenvalue weighted by atomic mass is 16.2. The van der Waals surface area contributed by atoms with E-state index in [9.17, 15) is 4.79 Å². The molecule has 0 aliphatic carbocycles. The zero-order valence-corrected chi connectivity index (χ0v) is 12.1. The summed E-state index contributed by atoms with van der Waals surface area (Å²) in [6, 6.07) is 8.14. The van der Waals surface area contributed by atoms with Gasteiger partial charge in [-0.15, -0.1) is 0 Å². The summed E-state index contributed by atoms with van der Waals surface area (Å²) in [5.74, 6) is 1.29. The third-order valence-corrected chi connectivity index (χ3v) is 4.29. The SMILES string of the molecule is CCC(C)C(=O)N1CCCC1c1nc2ccccc2[nH]1. The number of aromatic amines is 1. The molecule has 4 nitrogen and oxygen atoms in total. The van der Waals surface area contributed by atoms with Gasteiger partial charge in [0.2, 0.25) is 5.91 Å². The van der Waals surface area contributed by atoms with Crippen LogP contribution in [0.4, 0.5) is 0 Å². The standard InChI is InChI=1S/C16H21N3O/c1-3-11(2)16(20)19-10-6-9-14(19)15-17-12-7-4-5-8-13(12)18-15/h4-5,7-8,11,14H,3,6,9-10H2,1-2H3,(H,17,18). The monoisotopic (exact) mass is 271 g/mol. The fraction of sp³-hybridized carbons (Fsp3) is 0.500. The van der Waals surface area contributed by atoms with E-state index in [1.807, 2.05) is 36.1 Å². The second-order valence-corrected chi connectivity index (χ2v) is 5.64. The Labute approximate surface area is 119 Å². The number of nitrogens with zero attached hydrogens (tertiary/aromatic N) is 2. The van der Waals surface area contributed by atoms with Crippen molar-refractivity contribution >= 4 is 16.9 Å². The van der Waals surface area contributed by atoms with Gasteiger partial charge >= 0.3 is 0 Å². The lowest BCUT2D eigenvalue weighted by Crippen LogP contribution is -2.34. The normalized spacial score (nSPS) is 20.5. The van der Waals surface area contributed by atoms with Crippen LogP contribution in [0.15, 0.2) is 24.3 Å². The quantitative estimate of drug-likeness (QED) is 0.931. The van der Waals surface area contributed by atoms with Crippen molar-refractivity contribution in [2.24, 2.45) is 5.92 Å². The maximum absolute atomic E-state index is 12.5. The molecule has 0 spiro atoms. The average molecular weight is 271 g/mol. The van der Waals surface area contributed by atoms with E-state index >= 15 is 0 Å². The second-order valence-electron chi connectivity index (χ2n) is 5.64. The van der Waals surface area contributed by atoms with E-state index in [1.165, 1.54) is 0 Å². The van der Waals surface area contributed by atoms with Crippen molar-refractivity contribution in [3.05, 3.63) is 30.1 Å². The van der Waals surface area contributed by atoms with E-state index in [0.29, 0.717) is 0 Å². The first-order chi connectivity index (χ1) is 9.70. The van der Waals surface area contributed by atoms with Crippen LogP contribution < -0.4 is 0 Å². The minimum Gasteiger partial charge on any atom is -0.340 e. The molecule has 1 N–H and O–H groups in total. The highest BCUT2D eigenvalue weighted by Gasteiger charge is 2.33.